The van der Waals surface area contributed by atoms with E-state index in [-0.39, 0.29) is 12.1 Å². The van der Waals surface area contributed by atoms with Crippen LogP contribution < -0.4 is 5.32 Å². The van der Waals surface area contributed by atoms with Crippen LogP contribution in [0, 0.1) is 0 Å². The third-order valence-electron chi connectivity index (χ3n) is 2.62. The molecule has 2 unspecified atom stereocenters. The van der Waals surface area contributed by atoms with Crippen molar-refractivity contribution in [1.29, 1.82) is 0 Å². The number of nitrogens with one attached hydrogen (secondary N) is 1. The summed E-state index contributed by atoms with van der Waals surface area (Å²) in [6.45, 7) is 3.76. The molecule has 1 heterocycles. The van der Waals surface area contributed by atoms with Crippen molar-refractivity contribution in [2.45, 2.75) is 25.0 Å². The lowest BCUT2D eigenvalue weighted by Crippen LogP contribution is -2.20. The predicted molar refractivity (Wildman–Crippen MR) is 58.4 cm³/mol. The molecule has 1 aliphatic rings. The highest BCUT2D eigenvalue weighted by Gasteiger charge is 2.18. The quantitative estimate of drug-likeness (QED) is 0.662. The van der Waals surface area contributed by atoms with Crippen LogP contribution in [0.4, 0.5) is 5.69 Å². The monoisotopic (exact) mass is 189 g/mol. The molecule has 0 amide bonds. The number of hydrogen-bond acceptors (Lipinski definition) is 2. The van der Waals surface area contributed by atoms with Crippen LogP contribution in [-0.4, -0.2) is 17.3 Å². The van der Waals surface area contributed by atoms with Gasteiger partial charge in [0.1, 0.15) is 0 Å². The van der Waals surface area contributed by atoms with Gasteiger partial charge in [-0.3, -0.25) is 0 Å². The largest absolute Gasteiger partial charge is 0.393 e. The highest BCUT2D eigenvalue weighted by atomic mass is 16.3. The highest BCUT2D eigenvalue weighted by Crippen LogP contribution is 2.23. The lowest BCUT2D eigenvalue weighted by molar-refractivity contribution is 0.165. The summed E-state index contributed by atoms with van der Waals surface area (Å²) in [5.74, 6) is 0. The van der Waals surface area contributed by atoms with E-state index in [4.69, 9.17) is 0 Å². The van der Waals surface area contributed by atoms with E-state index < -0.39 is 0 Å². The Kier molecular flexibility index (Phi) is 2.55. The van der Waals surface area contributed by atoms with Crippen LogP contribution in [0.3, 0.4) is 0 Å². The second kappa shape index (κ2) is 3.84. The first-order valence-corrected chi connectivity index (χ1v) is 4.94. The maximum Gasteiger partial charge on any atom is 0.0604 e. The van der Waals surface area contributed by atoms with Crippen LogP contribution >= 0.6 is 0 Å². The summed E-state index contributed by atoms with van der Waals surface area (Å²) in [7, 11) is 0. The molecule has 14 heavy (non-hydrogen) atoms. The fourth-order valence-electron chi connectivity index (χ4n) is 1.88. The summed E-state index contributed by atoms with van der Waals surface area (Å²) in [5, 5.41) is 13.1. The van der Waals surface area contributed by atoms with Crippen LogP contribution in [0.15, 0.2) is 36.9 Å². The fourth-order valence-corrected chi connectivity index (χ4v) is 1.88. The zero-order chi connectivity index (χ0) is 9.97. The van der Waals surface area contributed by atoms with Crippen molar-refractivity contribution in [1.82, 2.24) is 0 Å². The Hall–Kier alpha value is -1.28. The van der Waals surface area contributed by atoms with Gasteiger partial charge in [-0.25, -0.2) is 0 Å². The first-order valence-electron chi connectivity index (χ1n) is 4.94. The maximum atomic E-state index is 9.75. The lowest BCUT2D eigenvalue weighted by Gasteiger charge is -2.14. The van der Waals surface area contributed by atoms with Crippen molar-refractivity contribution in [3.63, 3.8) is 0 Å². The van der Waals surface area contributed by atoms with Gasteiger partial charge in [0.2, 0.25) is 0 Å². The molecule has 0 fully saturated rings. The van der Waals surface area contributed by atoms with Crippen molar-refractivity contribution in [2.75, 3.05) is 5.32 Å². The van der Waals surface area contributed by atoms with E-state index in [9.17, 15) is 5.11 Å². The number of hydrogen-bond donors (Lipinski definition) is 2. The van der Waals surface area contributed by atoms with Crippen molar-refractivity contribution in [3.8, 4) is 0 Å². The first-order chi connectivity index (χ1) is 6.79. The normalized spacial score (nSPS) is 25.8. The summed E-state index contributed by atoms with van der Waals surface area (Å²) in [6, 6.07) is 8.28. The van der Waals surface area contributed by atoms with Crippen molar-refractivity contribution in [3.05, 3.63) is 42.5 Å². The van der Waals surface area contributed by atoms with Crippen LogP contribution in [0.2, 0.25) is 0 Å². The van der Waals surface area contributed by atoms with Crippen LogP contribution in [0.25, 0.3) is 0 Å². The molecule has 1 aliphatic heterocycles. The predicted octanol–water partition coefficient (Wildman–Crippen LogP) is 1.96. The molecule has 0 saturated heterocycles. The van der Waals surface area contributed by atoms with Crippen LogP contribution in [0.5, 0.6) is 0 Å². The van der Waals surface area contributed by atoms with Gasteiger partial charge in [0.15, 0.2) is 0 Å². The standard InChI is InChI=1S/C12H15NO/c1-2-10-8-11(14)7-9-5-3-4-6-12(9)13-10/h2-6,10-11,13-14H,1,7-8H2. The lowest BCUT2D eigenvalue weighted by atomic mass is 10.0. The average Bonchev–Trinajstić information content (AvgIpc) is 2.35. The summed E-state index contributed by atoms with van der Waals surface area (Å²) >= 11 is 0. The Balaban J connectivity index is 2.32. The molecule has 2 nitrogen and oxygen atoms in total. The van der Waals surface area contributed by atoms with Gasteiger partial charge in [-0.15, -0.1) is 6.58 Å². The van der Waals surface area contributed by atoms with E-state index in [1.165, 1.54) is 5.56 Å². The smallest absolute Gasteiger partial charge is 0.0604 e. The molecule has 74 valence electrons. The van der Waals surface area contributed by atoms with E-state index in [1.54, 1.807) is 0 Å². The van der Waals surface area contributed by atoms with Gasteiger partial charge in [-0.2, -0.15) is 0 Å². The Bertz CT molecular complexity index is 335. The second-order valence-corrected chi connectivity index (χ2v) is 3.74. The van der Waals surface area contributed by atoms with E-state index in [1.807, 2.05) is 24.3 Å². The van der Waals surface area contributed by atoms with Crippen molar-refractivity contribution >= 4 is 5.69 Å². The minimum absolute atomic E-state index is 0.175. The van der Waals surface area contributed by atoms with Gasteiger partial charge < -0.3 is 10.4 Å². The molecule has 0 aromatic heterocycles. The van der Waals surface area contributed by atoms with Gasteiger partial charge in [0.25, 0.3) is 0 Å². The molecule has 1 aromatic carbocycles. The molecule has 1 aromatic rings. The van der Waals surface area contributed by atoms with Gasteiger partial charge in [0, 0.05) is 18.2 Å². The zero-order valence-electron chi connectivity index (χ0n) is 8.11. The minimum Gasteiger partial charge on any atom is -0.393 e. The SMILES string of the molecule is C=CC1CC(O)Cc2ccccc2N1. The molecule has 0 saturated carbocycles. The molecule has 2 atom stereocenters. The van der Waals surface area contributed by atoms with Crippen molar-refractivity contribution < 1.29 is 5.11 Å². The number of para-hydroxylation sites is 1. The summed E-state index contributed by atoms with van der Waals surface area (Å²) < 4.78 is 0. The average molecular weight is 189 g/mol. The Morgan fingerprint density at radius 1 is 1.43 bits per heavy atom. The van der Waals surface area contributed by atoms with Crippen LogP contribution in [0.1, 0.15) is 12.0 Å². The molecule has 0 spiro atoms. The van der Waals surface area contributed by atoms with Gasteiger partial charge in [-0.05, 0) is 18.1 Å². The highest BCUT2D eigenvalue weighted by molar-refractivity contribution is 5.53. The van der Waals surface area contributed by atoms with E-state index >= 15 is 0 Å². The Morgan fingerprint density at radius 3 is 3.00 bits per heavy atom. The molecule has 0 aliphatic carbocycles. The molecule has 2 rings (SSSR count). The van der Waals surface area contributed by atoms with Crippen LogP contribution in [-0.2, 0) is 6.42 Å². The van der Waals surface area contributed by atoms with E-state index in [0.717, 1.165) is 18.5 Å². The number of aliphatic hydroxyl groups excluding tert-OH is 1. The fraction of sp³-hybridized carbons (Fsp3) is 0.333. The summed E-state index contributed by atoms with van der Waals surface area (Å²) in [4.78, 5) is 0. The third kappa shape index (κ3) is 1.80. The second-order valence-electron chi connectivity index (χ2n) is 3.74. The maximum absolute atomic E-state index is 9.75. The number of benzene rings is 1. The number of anilines is 1. The Morgan fingerprint density at radius 2 is 2.21 bits per heavy atom. The molecular weight excluding hydrogens is 174 g/mol. The molecule has 0 radical (unpaired) electrons. The number of fused-ring (bicyclic) bond motifs is 1. The first kappa shape index (κ1) is 9.28. The molecule has 2 N–H and O–H groups in total. The third-order valence-corrected chi connectivity index (χ3v) is 2.62. The summed E-state index contributed by atoms with van der Waals surface area (Å²) in [6.07, 6.45) is 3.05. The van der Waals surface area contributed by atoms with Gasteiger partial charge in [0.05, 0.1) is 6.10 Å². The number of rotatable bonds is 1. The summed E-state index contributed by atoms with van der Waals surface area (Å²) in [5.41, 5.74) is 2.30. The van der Waals surface area contributed by atoms with E-state index in [2.05, 4.69) is 18.0 Å². The number of aliphatic hydroxyl groups is 1. The minimum atomic E-state index is -0.269. The zero-order valence-corrected chi connectivity index (χ0v) is 8.11. The van der Waals surface area contributed by atoms with Crippen molar-refractivity contribution in [2.24, 2.45) is 0 Å². The van der Waals surface area contributed by atoms with E-state index in [0.29, 0.717) is 0 Å². The Labute approximate surface area is 84.3 Å². The molecule has 0 bridgehead atoms. The van der Waals surface area contributed by atoms with Gasteiger partial charge >= 0.3 is 0 Å². The molecular formula is C12H15NO. The topological polar surface area (TPSA) is 32.3 Å². The van der Waals surface area contributed by atoms with Gasteiger partial charge in [-0.1, -0.05) is 24.3 Å². The molecule has 2 heteroatoms.